The molecule has 0 spiro atoms. The van der Waals surface area contributed by atoms with Crippen molar-refractivity contribution in [2.75, 3.05) is 10.6 Å². The van der Waals surface area contributed by atoms with Gasteiger partial charge < -0.3 is 10.6 Å². The summed E-state index contributed by atoms with van der Waals surface area (Å²) in [7, 11) is 0. The van der Waals surface area contributed by atoms with Crippen LogP contribution in [0.25, 0.3) is 0 Å². The largest absolute Gasteiger partial charge is 0.339 e. The van der Waals surface area contributed by atoms with Gasteiger partial charge in [-0.05, 0) is 35.2 Å². The van der Waals surface area contributed by atoms with Gasteiger partial charge in [0.1, 0.15) is 0 Å². The van der Waals surface area contributed by atoms with E-state index in [9.17, 15) is 4.79 Å². The number of anilines is 3. The van der Waals surface area contributed by atoms with Crippen molar-refractivity contribution in [3.8, 4) is 0 Å². The van der Waals surface area contributed by atoms with E-state index >= 15 is 0 Å². The summed E-state index contributed by atoms with van der Waals surface area (Å²) in [5.41, 5.74) is 1.89. The lowest BCUT2D eigenvalue weighted by Crippen LogP contribution is -2.28. The van der Waals surface area contributed by atoms with E-state index in [0.717, 1.165) is 5.69 Å². The number of carbonyl (C=O) groups is 1. The van der Waals surface area contributed by atoms with Gasteiger partial charge in [-0.3, -0.25) is 4.79 Å². The van der Waals surface area contributed by atoms with Crippen LogP contribution in [0, 0.1) is 5.41 Å². The van der Waals surface area contributed by atoms with E-state index < -0.39 is 5.41 Å². The Hall–Kier alpha value is -2.43. The molecule has 2 N–H and O–H groups in total. The maximum Gasteiger partial charge on any atom is 0.230 e. The molecular formula is C19H26N4O. The average molecular weight is 326 g/mol. The molecule has 0 fully saturated rings. The number of hydrogen-bond donors (Lipinski definition) is 2. The SMILES string of the molecule is CC(C)(C)C(=O)Nc1ccc(Nc2ccc(C(C)(C)C)cc2)nn1. The minimum Gasteiger partial charge on any atom is -0.339 e. The summed E-state index contributed by atoms with van der Waals surface area (Å²) in [4.78, 5) is 11.9. The van der Waals surface area contributed by atoms with E-state index in [-0.39, 0.29) is 11.3 Å². The molecule has 0 aliphatic rings. The first-order valence-electron chi connectivity index (χ1n) is 8.08. The molecule has 0 radical (unpaired) electrons. The Morgan fingerprint density at radius 1 is 0.833 bits per heavy atom. The molecule has 128 valence electrons. The summed E-state index contributed by atoms with van der Waals surface area (Å²) in [5.74, 6) is 0.992. The number of hydrogen-bond acceptors (Lipinski definition) is 4. The molecule has 24 heavy (non-hydrogen) atoms. The first-order valence-corrected chi connectivity index (χ1v) is 8.08. The summed E-state index contributed by atoms with van der Waals surface area (Å²) in [5, 5.41) is 14.1. The number of nitrogens with one attached hydrogen (secondary N) is 2. The van der Waals surface area contributed by atoms with Crippen molar-refractivity contribution in [1.82, 2.24) is 10.2 Å². The molecule has 0 aliphatic carbocycles. The van der Waals surface area contributed by atoms with Crippen molar-refractivity contribution < 1.29 is 4.79 Å². The molecule has 1 aromatic heterocycles. The summed E-state index contributed by atoms with van der Waals surface area (Å²) in [6.07, 6.45) is 0. The fourth-order valence-corrected chi connectivity index (χ4v) is 1.97. The van der Waals surface area contributed by atoms with Gasteiger partial charge in [0.15, 0.2) is 11.6 Å². The van der Waals surface area contributed by atoms with Gasteiger partial charge in [0.05, 0.1) is 0 Å². The lowest BCUT2D eigenvalue weighted by Gasteiger charge is -2.19. The smallest absolute Gasteiger partial charge is 0.230 e. The minimum absolute atomic E-state index is 0.0877. The average Bonchev–Trinajstić information content (AvgIpc) is 2.48. The van der Waals surface area contributed by atoms with Gasteiger partial charge in [-0.2, -0.15) is 0 Å². The van der Waals surface area contributed by atoms with Crippen LogP contribution in [-0.2, 0) is 10.2 Å². The molecule has 2 rings (SSSR count). The van der Waals surface area contributed by atoms with Crippen molar-refractivity contribution in [3.63, 3.8) is 0 Å². The fourth-order valence-electron chi connectivity index (χ4n) is 1.97. The molecule has 0 saturated heterocycles. The van der Waals surface area contributed by atoms with E-state index in [1.54, 1.807) is 12.1 Å². The van der Waals surface area contributed by atoms with Crippen LogP contribution >= 0.6 is 0 Å². The lowest BCUT2D eigenvalue weighted by molar-refractivity contribution is -0.123. The van der Waals surface area contributed by atoms with Crippen LogP contribution in [0.2, 0.25) is 0 Å². The molecule has 1 heterocycles. The van der Waals surface area contributed by atoms with E-state index in [1.165, 1.54) is 5.56 Å². The van der Waals surface area contributed by atoms with Crippen molar-refractivity contribution in [2.45, 2.75) is 47.0 Å². The molecule has 0 aliphatic heterocycles. The molecule has 0 unspecified atom stereocenters. The third-order valence-electron chi connectivity index (χ3n) is 3.61. The highest BCUT2D eigenvalue weighted by atomic mass is 16.2. The molecule has 5 nitrogen and oxygen atoms in total. The number of aromatic nitrogens is 2. The molecule has 1 amide bonds. The van der Waals surface area contributed by atoms with Gasteiger partial charge in [0, 0.05) is 11.1 Å². The summed E-state index contributed by atoms with van der Waals surface area (Å²) in [6, 6.07) is 11.8. The van der Waals surface area contributed by atoms with Crippen LogP contribution in [0.4, 0.5) is 17.3 Å². The second kappa shape index (κ2) is 6.59. The van der Waals surface area contributed by atoms with E-state index in [0.29, 0.717) is 11.6 Å². The van der Waals surface area contributed by atoms with E-state index in [1.807, 2.05) is 32.9 Å². The van der Waals surface area contributed by atoms with Crippen LogP contribution in [-0.4, -0.2) is 16.1 Å². The van der Waals surface area contributed by atoms with Crippen LogP contribution in [0.15, 0.2) is 36.4 Å². The fraction of sp³-hybridized carbons (Fsp3) is 0.421. The predicted molar refractivity (Wildman–Crippen MR) is 98.5 cm³/mol. The molecular weight excluding hydrogens is 300 g/mol. The Labute approximate surface area is 143 Å². The number of nitrogens with zero attached hydrogens (tertiary/aromatic N) is 2. The van der Waals surface area contributed by atoms with Crippen molar-refractivity contribution >= 4 is 23.2 Å². The molecule has 0 bridgehead atoms. The Kier molecular flexibility index (Phi) is 4.92. The lowest BCUT2D eigenvalue weighted by atomic mass is 9.87. The maximum atomic E-state index is 11.9. The second-order valence-corrected chi connectivity index (χ2v) is 7.96. The Balaban J connectivity index is 2.03. The summed E-state index contributed by atoms with van der Waals surface area (Å²) in [6.45, 7) is 12.1. The van der Waals surface area contributed by atoms with Crippen LogP contribution in [0.1, 0.15) is 47.1 Å². The third kappa shape index (κ3) is 4.78. The quantitative estimate of drug-likeness (QED) is 0.871. The van der Waals surface area contributed by atoms with Crippen molar-refractivity contribution in [2.24, 2.45) is 5.41 Å². The normalized spacial score (nSPS) is 11.9. The minimum atomic E-state index is -0.465. The number of rotatable bonds is 3. The van der Waals surface area contributed by atoms with Gasteiger partial charge in [0.25, 0.3) is 0 Å². The van der Waals surface area contributed by atoms with Crippen LogP contribution in [0.5, 0.6) is 0 Å². The summed E-state index contributed by atoms with van der Waals surface area (Å²) >= 11 is 0. The molecule has 1 aromatic carbocycles. The number of amides is 1. The van der Waals surface area contributed by atoms with Crippen LogP contribution < -0.4 is 10.6 Å². The van der Waals surface area contributed by atoms with Crippen molar-refractivity contribution in [1.29, 1.82) is 0 Å². The van der Waals surface area contributed by atoms with Gasteiger partial charge in [0.2, 0.25) is 5.91 Å². The maximum absolute atomic E-state index is 11.9. The molecule has 2 aromatic rings. The van der Waals surface area contributed by atoms with E-state index in [2.05, 4.69) is 53.7 Å². The highest BCUT2D eigenvalue weighted by Gasteiger charge is 2.21. The Bertz CT molecular complexity index is 692. The van der Waals surface area contributed by atoms with Gasteiger partial charge in [-0.15, -0.1) is 10.2 Å². The van der Waals surface area contributed by atoms with Crippen LogP contribution in [0.3, 0.4) is 0 Å². The Morgan fingerprint density at radius 3 is 1.83 bits per heavy atom. The van der Waals surface area contributed by atoms with Gasteiger partial charge in [-0.1, -0.05) is 53.7 Å². The molecule has 5 heteroatoms. The summed E-state index contributed by atoms with van der Waals surface area (Å²) < 4.78 is 0. The third-order valence-corrected chi connectivity index (χ3v) is 3.61. The first kappa shape index (κ1) is 17.9. The second-order valence-electron chi connectivity index (χ2n) is 7.96. The zero-order valence-corrected chi connectivity index (χ0v) is 15.3. The highest BCUT2D eigenvalue weighted by Crippen LogP contribution is 2.24. The number of benzene rings is 1. The molecule has 0 atom stereocenters. The van der Waals surface area contributed by atoms with E-state index in [4.69, 9.17) is 0 Å². The standard InChI is InChI=1S/C19H26N4O/c1-18(2,3)13-7-9-14(10-8-13)20-15-11-12-16(23-22-15)21-17(24)19(4,5)6/h7-12H,1-6H3,(H,20,22)(H,21,23,24). The first-order chi connectivity index (χ1) is 11.1. The zero-order chi connectivity index (χ0) is 18.0. The predicted octanol–water partition coefficient (Wildman–Crippen LogP) is 4.50. The van der Waals surface area contributed by atoms with Gasteiger partial charge in [-0.25, -0.2) is 0 Å². The monoisotopic (exact) mass is 326 g/mol. The topological polar surface area (TPSA) is 66.9 Å². The number of carbonyl (C=O) groups excluding carboxylic acids is 1. The van der Waals surface area contributed by atoms with Crippen molar-refractivity contribution in [3.05, 3.63) is 42.0 Å². The highest BCUT2D eigenvalue weighted by molar-refractivity contribution is 5.93. The molecule has 0 saturated carbocycles. The van der Waals surface area contributed by atoms with Gasteiger partial charge >= 0.3 is 0 Å². The Morgan fingerprint density at radius 2 is 1.38 bits per heavy atom. The zero-order valence-electron chi connectivity index (χ0n) is 15.3.